The number of thioether (sulfide) groups is 1. The van der Waals surface area contributed by atoms with E-state index in [1.165, 1.54) is 6.42 Å². The average Bonchev–Trinajstić information content (AvgIpc) is 2.71. The lowest BCUT2D eigenvalue weighted by Crippen LogP contribution is -2.19. The van der Waals surface area contributed by atoms with E-state index in [9.17, 15) is 4.79 Å². The number of rotatable bonds is 3. The van der Waals surface area contributed by atoms with Crippen molar-refractivity contribution in [1.29, 1.82) is 0 Å². The van der Waals surface area contributed by atoms with Crippen LogP contribution in [0.4, 0.5) is 0 Å². The molecule has 1 aromatic heterocycles. The molecule has 0 radical (unpaired) electrons. The summed E-state index contributed by atoms with van der Waals surface area (Å²) in [6.45, 7) is 0. The molecule has 0 bridgehead atoms. The summed E-state index contributed by atoms with van der Waals surface area (Å²) in [5, 5.41) is 0.725. The SMILES string of the molecule is O=c1[nH]c(CSc2cccc(Cl)c2)nc2c1CCCCC2. The van der Waals surface area contributed by atoms with Crippen LogP contribution in [0.1, 0.15) is 36.3 Å². The lowest BCUT2D eigenvalue weighted by molar-refractivity contribution is 0.708. The predicted octanol–water partition coefficient (Wildman–Crippen LogP) is 3.98. The summed E-state index contributed by atoms with van der Waals surface area (Å²) in [5.74, 6) is 1.41. The fourth-order valence-corrected chi connectivity index (χ4v) is 3.69. The summed E-state index contributed by atoms with van der Waals surface area (Å²) >= 11 is 7.61. The number of aryl methyl sites for hydroxylation is 1. The maximum absolute atomic E-state index is 12.2. The van der Waals surface area contributed by atoms with E-state index < -0.39 is 0 Å². The van der Waals surface area contributed by atoms with E-state index in [-0.39, 0.29) is 5.56 Å². The zero-order chi connectivity index (χ0) is 14.7. The highest BCUT2D eigenvalue weighted by Crippen LogP contribution is 2.24. The van der Waals surface area contributed by atoms with Crippen molar-refractivity contribution < 1.29 is 0 Å². The lowest BCUT2D eigenvalue weighted by atomic mass is 10.1. The van der Waals surface area contributed by atoms with Crippen molar-refractivity contribution in [2.24, 2.45) is 0 Å². The molecule has 0 aliphatic heterocycles. The molecule has 110 valence electrons. The van der Waals surface area contributed by atoms with Crippen molar-refractivity contribution >= 4 is 23.4 Å². The molecule has 0 fully saturated rings. The second kappa shape index (κ2) is 6.67. The number of halogens is 1. The van der Waals surface area contributed by atoms with E-state index in [2.05, 4.69) is 9.97 Å². The third-order valence-corrected chi connectivity index (χ3v) is 4.90. The van der Waals surface area contributed by atoms with Crippen LogP contribution in [0.3, 0.4) is 0 Å². The van der Waals surface area contributed by atoms with Crippen LogP contribution < -0.4 is 5.56 Å². The van der Waals surface area contributed by atoms with Crippen molar-refractivity contribution in [2.45, 2.75) is 42.8 Å². The maximum Gasteiger partial charge on any atom is 0.254 e. The van der Waals surface area contributed by atoms with E-state index in [0.717, 1.165) is 52.7 Å². The van der Waals surface area contributed by atoms with Crippen molar-refractivity contribution in [1.82, 2.24) is 9.97 Å². The highest BCUT2D eigenvalue weighted by Gasteiger charge is 2.14. The van der Waals surface area contributed by atoms with Gasteiger partial charge in [-0.15, -0.1) is 11.8 Å². The first-order valence-corrected chi connectivity index (χ1v) is 8.58. The molecule has 0 atom stereocenters. The summed E-state index contributed by atoms with van der Waals surface area (Å²) in [6, 6.07) is 7.72. The van der Waals surface area contributed by atoms with Crippen LogP contribution in [0.5, 0.6) is 0 Å². The number of hydrogen-bond acceptors (Lipinski definition) is 3. The second-order valence-corrected chi connectivity index (χ2v) is 6.73. The highest BCUT2D eigenvalue weighted by molar-refractivity contribution is 7.98. The number of nitrogens with one attached hydrogen (secondary N) is 1. The maximum atomic E-state index is 12.2. The Labute approximate surface area is 133 Å². The number of H-pyrrole nitrogens is 1. The van der Waals surface area contributed by atoms with Crippen LogP contribution in [-0.2, 0) is 18.6 Å². The fourth-order valence-electron chi connectivity index (χ4n) is 2.61. The van der Waals surface area contributed by atoms with Gasteiger partial charge < -0.3 is 4.98 Å². The van der Waals surface area contributed by atoms with Crippen LogP contribution in [-0.4, -0.2) is 9.97 Å². The Morgan fingerprint density at radius 1 is 1.24 bits per heavy atom. The topological polar surface area (TPSA) is 45.8 Å². The lowest BCUT2D eigenvalue weighted by Gasteiger charge is -2.07. The molecular weight excluding hydrogens is 304 g/mol. The van der Waals surface area contributed by atoms with Gasteiger partial charge in [0.25, 0.3) is 5.56 Å². The van der Waals surface area contributed by atoms with Gasteiger partial charge in [0.1, 0.15) is 5.82 Å². The van der Waals surface area contributed by atoms with Gasteiger partial charge in [-0.2, -0.15) is 0 Å². The number of benzene rings is 1. The molecule has 21 heavy (non-hydrogen) atoms. The minimum atomic E-state index is 0.0450. The Morgan fingerprint density at radius 3 is 2.95 bits per heavy atom. The minimum Gasteiger partial charge on any atom is -0.310 e. The zero-order valence-corrected chi connectivity index (χ0v) is 13.3. The molecule has 0 saturated heterocycles. The van der Waals surface area contributed by atoms with Crippen molar-refractivity contribution in [3.8, 4) is 0 Å². The van der Waals surface area contributed by atoms with Crippen molar-refractivity contribution in [3.05, 3.63) is 56.7 Å². The van der Waals surface area contributed by atoms with Gasteiger partial charge in [-0.1, -0.05) is 24.1 Å². The molecule has 5 heteroatoms. The van der Waals surface area contributed by atoms with Crippen LogP contribution in [0, 0.1) is 0 Å². The molecule has 2 aromatic rings. The molecule has 1 aliphatic carbocycles. The Balaban J connectivity index is 1.78. The number of aromatic nitrogens is 2. The van der Waals surface area contributed by atoms with Gasteiger partial charge in [0, 0.05) is 15.5 Å². The summed E-state index contributed by atoms with van der Waals surface area (Å²) in [4.78, 5) is 20.9. The molecule has 0 spiro atoms. The van der Waals surface area contributed by atoms with Crippen LogP contribution in [0.2, 0.25) is 5.02 Å². The number of fused-ring (bicyclic) bond motifs is 1. The molecule has 1 heterocycles. The molecular formula is C16H17ClN2OS. The molecule has 3 nitrogen and oxygen atoms in total. The quantitative estimate of drug-likeness (QED) is 0.687. The van der Waals surface area contributed by atoms with Gasteiger partial charge in [-0.05, 0) is 43.9 Å². The molecule has 1 N–H and O–H groups in total. The Bertz CT molecular complexity index is 699. The zero-order valence-electron chi connectivity index (χ0n) is 11.7. The first-order chi connectivity index (χ1) is 10.2. The highest BCUT2D eigenvalue weighted by atomic mass is 35.5. The number of aromatic amines is 1. The summed E-state index contributed by atoms with van der Waals surface area (Å²) in [5.41, 5.74) is 1.94. The van der Waals surface area contributed by atoms with Crippen molar-refractivity contribution in [2.75, 3.05) is 0 Å². The van der Waals surface area contributed by atoms with E-state index in [4.69, 9.17) is 11.6 Å². The molecule has 0 amide bonds. The molecule has 0 unspecified atom stereocenters. The van der Waals surface area contributed by atoms with Gasteiger partial charge in [0.15, 0.2) is 0 Å². The van der Waals surface area contributed by atoms with E-state index >= 15 is 0 Å². The van der Waals surface area contributed by atoms with Crippen LogP contribution in [0.15, 0.2) is 34.0 Å². The number of nitrogens with zero attached hydrogens (tertiary/aromatic N) is 1. The second-order valence-electron chi connectivity index (χ2n) is 5.24. The standard InChI is InChI=1S/C16H17ClN2OS/c17-11-5-4-6-12(9-11)21-10-15-18-14-8-3-1-2-7-13(14)16(20)19-15/h4-6,9H,1-3,7-8,10H2,(H,18,19,20). The molecule has 1 aliphatic rings. The fraction of sp³-hybridized carbons (Fsp3) is 0.375. The smallest absolute Gasteiger partial charge is 0.254 e. The molecule has 0 saturated carbocycles. The predicted molar refractivity (Wildman–Crippen MR) is 87.1 cm³/mol. The largest absolute Gasteiger partial charge is 0.310 e. The summed E-state index contributed by atoms with van der Waals surface area (Å²) < 4.78 is 0. The van der Waals surface area contributed by atoms with E-state index in [0.29, 0.717) is 5.75 Å². The van der Waals surface area contributed by atoms with Gasteiger partial charge in [0.05, 0.1) is 11.4 Å². The van der Waals surface area contributed by atoms with Crippen LogP contribution in [0.25, 0.3) is 0 Å². The van der Waals surface area contributed by atoms with Crippen LogP contribution >= 0.6 is 23.4 Å². The monoisotopic (exact) mass is 320 g/mol. The first kappa shape index (κ1) is 14.7. The van der Waals surface area contributed by atoms with Crippen molar-refractivity contribution in [3.63, 3.8) is 0 Å². The summed E-state index contributed by atoms with van der Waals surface area (Å²) in [7, 11) is 0. The molecule has 1 aromatic carbocycles. The number of hydrogen-bond donors (Lipinski definition) is 1. The average molecular weight is 321 g/mol. The Hall–Kier alpha value is -1.26. The minimum absolute atomic E-state index is 0.0450. The summed E-state index contributed by atoms with van der Waals surface area (Å²) in [6.07, 6.45) is 5.19. The molecule has 3 rings (SSSR count). The third-order valence-electron chi connectivity index (χ3n) is 3.66. The van der Waals surface area contributed by atoms with Gasteiger partial charge in [-0.3, -0.25) is 4.79 Å². The third kappa shape index (κ3) is 3.69. The Kier molecular flexibility index (Phi) is 4.66. The Morgan fingerprint density at radius 2 is 2.10 bits per heavy atom. The van der Waals surface area contributed by atoms with Gasteiger partial charge in [0.2, 0.25) is 0 Å². The normalized spacial score (nSPS) is 14.5. The van der Waals surface area contributed by atoms with E-state index in [1.54, 1.807) is 11.8 Å². The first-order valence-electron chi connectivity index (χ1n) is 7.22. The van der Waals surface area contributed by atoms with E-state index in [1.807, 2.05) is 24.3 Å². The van der Waals surface area contributed by atoms with Gasteiger partial charge in [-0.25, -0.2) is 4.98 Å². The van der Waals surface area contributed by atoms with Gasteiger partial charge >= 0.3 is 0 Å².